The van der Waals surface area contributed by atoms with E-state index in [0.29, 0.717) is 6.04 Å². The molecule has 3 nitrogen and oxygen atoms in total. The Bertz CT molecular complexity index is 102. The van der Waals surface area contributed by atoms with E-state index in [4.69, 9.17) is 10.2 Å². The Balaban J connectivity index is 3.86. The van der Waals surface area contributed by atoms with Gasteiger partial charge in [-0.2, -0.15) is 0 Å². The summed E-state index contributed by atoms with van der Waals surface area (Å²) in [5.74, 6) is 0. The zero-order valence-electron chi connectivity index (χ0n) is 7.59. The van der Waals surface area contributed by atoms with Crippen LogP contribution in [0.25, 0.3) is 0 Å². The van der Waals surface area contributed by atoms with Crippen molar-refractivity contribution in [3.63, 3.8) is 0 Å². The highest BCUT2D eigenvalue weighted by Crippen LogP contribution is 2.03. The van der Waals surface area contributed by atoms with Crippen LogP contribution >= 0.6 is 0 Å². The van der Waals surface area contributed by atoms with Gasteiger partial charge in [0.05, 0.1) is 18.8 Å². The van der Waals surface area contributed by atoms with Crippen molar-refractivity contribution in [1.29, 1.82) is 0 Å². The van der Waals surface area contributed by atoms with E-state index >= 15 is 0 Å². The molecule has 11 heavy (non-hydrogen) atoms. The smallest absolute Gasteiger partial charge is 0.0633 e. The van der Waals surface area contributed by atoms with Crippen LogP contribution in [-0.2, 0) is 0 Å². The lowest BCUT2D eigenvalue weighted by atomic mass is 10.0. The molecule has 0 aromatic rings. The fraction of sp³-hybridized carbons (Fsp3) is 1.00. The van der Waals surface area contributed by atoms with Crippen LogP contribution in [0.5, 0.6) is 0 Å². The van der Waals surface area contributed by atoms with Crippen molar-refractivity contribution in [2.24, 2.45) is 0 Å². The molecule has 0 saturated carbocycles. The Morgan fingerprint density at radius 3 is 2.09 bits per heavy atom. The molecule has 0 aliphatic rings. The zero-order valence-corrected chi connectivity index (χ0v) is 7.59. The van der Waals surface area contributed by atoms with E-state index in [9.17, 15) is 0 Å². The highest BCUT2D eigenvalue weighted by molar-refractivity contribution is 4.83. The molecule has 0 spiro atoms. The molecule has 0 aliphatic carbocycles. The van der Waals surface area contributed by atoms with Gasteiger partial charge >= 0.3 is 0 Å². The third-order valence-corrected chi connectivity index (χ3v) is 1.91. The highest BCUT2D eigenvalue weighted by Gasteiger charge is 2.22. The van der Waals surface area contributed by atoms with Gasteiger partial charge in [-0.05, 0) is 20.3 Å². The zero-order chi connectivity index (χ0) is 8.91. The standard InChI is InChI=1S/C8H19NO2/c1-4-7(2)9-8(3,5-10)6-11/h7,9-11H,4-6H2,1-3H3. The predicted octanol–water partition coefficient (Wildman–Crippen LogP) is 0.118. The summed E-state index contributed by atoms with van der Waals surface area (Å²) < 4.78 is 0. The molecule has 0 fully saturated rings. The van der Waals surface area contributed by atoms with Crippen molar-refractivity contribution in [2.75, 3.05) is 13.2 Å². The summed E-state index contributed by atoms with van der Waals surface area (Å²) in [5.41, 5.74) is -0.532. The molecule has 0 bridgehead atoms. The van der Waals surface area contributed by atoms with Crippen LogP contribution in [0.15, 0.2) is 0 Å². The fourth-order valence-electron chi connectivity index (χ4n) is 0.838. The lowest BCUT2D eigenvalue weighted by Crippen LogP contribution is -2.52. The molecular formula is C8H19NO2. The third-order valence-electron chi connectivity index (χ3n) is 1.91. The van der Waals surface area contributed by atoms with Crippen LogP contribution in [0.3, 0.4) is 0 Å². The first kappa shape index (κ1) is 10.9. The number of aliphatic hydroxyl groups excluding tert-OH is 2. The summed E-state index contributed by atoms with van der Waals surface area (Å²) in [5, 5.41) is 21.0. The van der Waals surface area contributed by atoms with Crippen LogP contribution in [0.4, 0.5) is 0 Å². The summed E-state index contributed by atoms with van der Waals surface area (Å²) >= 11 is 0. The van der Waals surface area contributed by atoms with E-state index in [0.717, 1.165) is 6.42 Å². The molecule has 1 atom stereocenters. The van der Waals surface area contributed by atoms with Crippen LogP contribution in [0.2, 0.25) is 0 Å². The van der Waals surface area contributed by atoms with Gasteiger partial charge in [0, 0.05) is 6.04 Å². The van der Waals surface area contributed by atoms with Gasteiger partial charge in [0.2, 0.25) is 0 Å². The number of rotatable bonds is 5. The average molecular weight is 161 g/mol. The molecule has 0 rings (SSSR count). The van der Waals surface area contributed by atoms with Crippen LogP contribution < -0.4 is 5.32 Å². The minimum Gasteiger partial charge on any atom is -0.394 e. The van der Waals surface area contributed by atoms with Crippen molar-refractivity contribution in [3.8, 4) is 0 Å². The molecule has 3 heteroatoms. The van der Waals surface area contributed by atoms with Gasteiger partial charge in [0.15, 0.2) is 0 Å². The van der Waals surface area contributed by atoms with Gasteiger partial charge in [0.1, 0.15) is 0 Å². The number of hydrogen-bond donors (Lipinski definition) is 3. The second-order valence-corrected chi connectivity index (χ2v) is 3.33. The van der Waals surface area contributed by atoms with Crippen molar-refractivity contribution < 1.29 is 10.2 Å². The molecule has 1 unspecified atom stereocenters. The number of nitrogens with one attached hydrogen (secondary N) is 1. The maximum atomic E-state index is 8.91. The molecule has 0 aromatic heterocycles. The summed E-state index contributed by atoms with van der Waals surface area (Å²) in [6.07, 6.45) is 0.996. The normalized spacial score (nSPS) is 15.0. The molecule has 0 amide bonds. The van der Waals surface area contributed by atoms with E-state index in [1.165, 1.54) is 0 Å². The molecule has 0 heterocycles. The maximum Gasteiger partial charge on any atom is 0.0633 e. The quantitative estimate of drug-likeness (QED) is 0.537. The van der Waals surface area contributed by atoms with Crippen molar-refractivity contribution >= 4 is 0 Å². The molecule has 68 valence electrons. The Kier molecular flexibility index (Phi) is 4.65. The predicted molar refractivity (Wildman–Crippen MR) is 45.5 cm³/mol. The van der Waals surface area contributed by atoms with Gasteiger partial charge in [-0.25, -0.2) is 0 Å². The van der Waals surface area contributed by atoms with Crippen LogP contribution in [-0.4, -0.2) is 35.0 Å². The summed E-state index contributed by atoms with van der Waals surface area (Å²) in [7, 11) is 0. The number of hydrogen-bond acceptors (Lipinski definition) is 3. The Morgan fingerprint density at radius 1 is 1.36 bits per heavy atom. The van der Waals surface area contributed by atoms with Crippen LogP contribution in [0, 0.1) is 0 Å². The van der Waals surface area contributed by atoms with E-state index in [2.05, 4.69) is 12.2 Å². The van der Waals surface area contributed by atoms with Gasteiger partial charge in [-0.1, -0.05) is 6.92 Å². The van der Waals surface area contributed by atoms with E-state index in [1.54, 1.807) is 6.92 Å². The largest absolute Gasteiger partial charge is 0.394 e. The van der Waals surface area contributed by atoms with Gasteiger partial charge < -0.3 is 15.5 Å². The Labute approximate surface area is 68.4 Å². The number of aliphatic hydroxyl groups is 2. The highest BCUT2D eigenvalue weighted by atomic mass is 16.3. The minimum atomic E-state index is -0.532. The summed E-state index contributed by atoms with van der Waals surface area (Å²) in [4.78, 5) is 0. The molecule has 0 radical (unpaired) electrons. The molecule has 3 N–H and O–H groups in total. The van der Waals surface area contributed by atoms with Crippen molar-refractivity contribution in [3.05, 3.63) is 0 Å². The lowest BCUT2D eigenvalue weighted by molar-refractivity contribution is 0.0953. The van der Waals surface area contributed by atoms with Crippen molar-refractivity contribution in [2.45, 2.75) is 38.8 Å². The third kappa shape index (κ3) is 3.70. The van der Waals surface area contributed by atoms with Gasteiger partial charge in [0.25, 0.3) is 0 Å². The first-order valence-electron chi connectivity index (χ1n) is 4.07. The first-order chi connectivity index (χ1) is 5.08. The summed E-state index contributed by atoms with van der Waals surface area (Å²) in [6.45, 7) is 5.83. The second kappa shape index (κ2) is 4.70. The second-order valence-electron chi connectivity index (χ2n) is 3.33. The molecule has 0 saturated heterocycles. The summed E-state index contributed by atoms with van der Waals surface area (Å²) in [6, 6.07) is 0.333. The molecular weight excluding hydrogens is 142 g/mol. The average Bonchev–Trinajstić information content (AvgIpc) is 2.04. The van der Waals surface area contributed by atoms with Crippen LogP contribution in [0.1, 0.15) is 27.2 Å². The maximum absolute atomic E-state index is 8.91. The first-order valence-corrected chi connectivity index (χ1v) is 4.07. The molecule has 0 aliphatic heterocycles. The topological polar surface area (TPSA) is 52.5 Å². The SMILES string of the molecule is CCC(C)NC(C)(CO)CO. The van der Waals surface area contributed by atoms with Gasteiger partial charge in [-0.15, -0.1) is 0 Å². The fourth-order valence-corrected chi connectivity index (χ4v) is 0.838. The lowest BCUT2D eigenvalue weighted by Gasteiger charge is -2.29. The van der Waals surface area contributed by atoms with Crippen molar-refractivity contribution in [1.82, 2.24) is 5.32 Å². The monoisotopic (exact) mass is 161 g/mol. The Morgan fingerprint density at radius 2 is 1.82 bits per heavy atom. The van der Waals surface area contributed by atoms with Gasteiger partial charge in [-0.3, -0.25) is 0 Å². The van der Waals surface area contributed by atoms with E-state index in [1.807, 2.05) is 6.92 Å². The molecule has 0 aromatic carbocycles. The Hall–Kier alpha value is -0.120. The van der Waals surface area contributed by atoms with E-state index < -0.39 is 5.54 Å². The van der Waals surface area contributed by atoms with E-state index in [-0.39, 0.29) is 13.2 Å². The minimum absolute atomic E-state index is 0.0339.